The van der Waals surface area contributed by atoms with Crippen LogP contribution < -0.4 is 0 Å². The van der Waals surface area contributed by atoms with Crippen LogP contribution in [0.15, 0.2) is 30.5 Å². The molecule has 5 heteroatoms. The summed E-state index contributed by atoms with van der Waals surface area (Å²) in [5.41, 5.74) is 2.67. The minimum absolute atomic E-state index is 0.313. The zero-order valence-corrected chi connectivity index (χ0v) is 16.8. The van der Waals surface area contributed by atoms with E-state index in [0.29, 0.717) is 18.4 Å². The van der Waals surface area contributed by atoms with E-state index in [0.717, 1.165) is 32.7 Å². The SMILES string of the molecule is CCN1CCN(CC2CN(Cc3ccc4c(ccn4C)c3)CC2CO)CC1. The van der Waals surface area contributed by atoms with Gasteiger partial charge in [0, 0.05) is 77.7 Å². The summed E-state index contributed by atoms with van der Waals surface area (Å²) >= 11 is 0. The van der Waals surface area contributed by atoms with Crippen LogP contribution in [0.3, 0.4) is 0 Å². The Morgan fingerprint density at radius 3 is 2.44 bits per heavy atom. The number of piperazine rings is 1. The number of likely N-dealkylation sites (N-methyl/N-ethyl adjacent to an activating group) is 1. The Balaban J connectivity index is 1.35. The smallest absolute Gasteiger partial charge is 0.0477 e. The van der Waals surface area contributed by atoms with Crippen molar-refractivity contribution in [2.24, 2.45) is 18.9 Å². The topological polar surface area (TPSA) is 34.9 Å². The maximum Gasteiger partial charge on any atom is 0.0477 e. The second-order valence-corrected chi connectivity index (χ2v) is 8.45. The van der Waals surface area contributed by atoms with E-state index in [2.05, 4.69) is 63.7 Å². The molecular formula is C22H34N4O. The van der Waals surface area contributed by atoms with Gasteiger partial charge in [0.1, 0.15) is 0 Å². The summed E-state index contributed by atoms with van der Waals surface area (Å²) in [5.74, 6) is 0.998. The number of likely N-dealkylation sites (tertiary alicyclic amines) is 1. The van der Waals surface area contributed by atoms with Gasteiger partial charge in [-0.15, -0.1) is 0 Å². The van der Waals surface area contributed by atoms with Crippen molar-refractivity contribution in [3.05, 3.63) is 36.0 Å². The van der Waals surface area contributed by atoms with E-state index >= 15 is 0 Å². The molecule has 2 aromatic rings. The zero-order valence-electron chi connectivity index (χ0n) is 16.8. The number of hydrogen-bond donors (Lipinski definition) is 1. The van der Waals surface area contributed by atoms with Gasteiger partial charge < -0.3 is 19.5 Å². The normalized spacial score (nSPS) is 25.6. The van der Waals surface area contributed by atoms with Gasteiger partial charge in [-0.25, -0.2) is 0 Å². The highest BCUT2D eigenvalue weighted by Gasteiger charge is 2.33. The Hall–Kier alpha value is -1.40. The average molecular weight is 371 g/mol. The van der Waals surface area contributed by atoms with Crippen LogP contribution in [0.1, 0.15) is 12.5 Å². The van der Waals surface area contributed by atoms with E-state index < -0.39 is 0 Å². The molecule has 1 aromatic heterocycles. The Labute approximate surface area is 163 Å². The second-order valence-electron chi connectivity index (χ2n) is 8.45. The summed E-state index contributed by atoms with van der Waals surface area (Å²) in [7, 11) is 2.10. The molecule has 0 bridgehead atoms. The first kappa shape index (κ1) is 18.9. The zero-order chi connectivity index (χ0) is 18.8. The van der Waals surface area contributed by atoms with Gasteiger partial charge in [0.2, 0.25) is 0 Å². The van der Waals surface area contributed by atoms with Crippen LogP contribution in [0.5, 0.6) is 0 Å². The molecule has 2 atom stereocenters. The molecule has 0 amide bonds. The number of aryl methyl sites for hydroxylation is 1. The highest BCUT2D eigenvalue weighted by molar-refractivity contribution is 5.80. The molecule has 2 unspecified atom stereocenters. The number of aromatic nitrogens is 1. The quantitative estimate of drug-likeness (QED) is 0.842. The third kappa shape index (κ3) is 4.21. The lowest BCUT2D eigenvalue weighted by Gasteiger charge is -2.36. The number of hydrogen-bond acceptors (Lipinski definition) is 4. The van der Waals surface area contributed by atoms with Crippen LogP contribution in [-0.4, -0.2) is 83.3 Å². The highest BCUT2D eigenvalue weighted by Crippen LogP contribution is 2.27. The van der Waals surface area contributed by atoms with Crippen molar-refractivity contribution in [2.45, 2.75) is 13.5 Å². The van der Waals surface area contributed by atoms with Crippen LogP contribution in [0.2, 0.25) is 0 Å². The Morgan fingerprint density at radius 2 is 1.70 bits per heavy atom. The molecule has 2 aliphatic heterocycles. The molecule has 4 rings (SSSR count). The van der Waals surface area contributed by atoms with Gasteiger partial charge >= 0.3 is 0 Å². The standard InChI is InChI=1S/C22H34N4O/c1-3-24-8-10-25(11-9-24)14-20-15-26(16-21(20)17-27)13-18-4-5-22-19(12-18)6-7-23(22)2/h4-7,12,20-21,27H,3,8-11,13-17H2,1-2H3. The summed E-state index contributed by atoms with van der Waals surface area (Å²) in [4.78, 5) is 7.68. The predicted molar refractivity (Wildman–Crippen MR) is 111 cm³/mol. The van der Waals surface area contributed by atoms with Crippen LogP contribution in [0.25, 0.3) is 10.9 Å². The maximum absolute atomic E-state index is 9.92. The largest absolute Gasteiger partial charge is 0.396 e. The number of nitrogens with zero attached hydrogens (tertiary/aromatic N) is 4. The van der Waals surface area contributed by atoms with E-state index in [1.54, 1.807) is 0 Å². The molecular weight excluding hydrogens is 336 g/mol. The van der Waals surface area contributed by atoms with Crippen LogP contribution in [0, 0.1) is 11.8 Å². The average Bonchev–Trinajstić information content (AvgIpc) is 3.25. The molecule has 0 saturated carbocycles. The summed E-state index contributed by atoms with van der Waals surface area (Å²) in [6.07, 6.45) is 2.13. The minimum atomic E-state index is 0.313. The lowest BCUT2D eigenvalue weighted by Crippen LogP contribution is -2.48. The number of aliphatic hydroxyl groups excluding tert-OH is 1. The molecule has 2 saturated heterocycles. The lowest BCUT2D eigenvalue weighted by atomic mass is 9.96. The monoisotopic (exact) mass is 370 g/mol. The van der Waals surface area contributed by atoms with E-state index in [4.69, 9.17) is 0 Å². The first-order valence-electron chi connectivity index (χ1n) is 10.5. The molecule has 2 aliphatic rings. The molecule has 148 valence electrons. The van der Waals surface area contributed by atoms with Crippen molar-refractivity contribution in [1.82, 2.24) is 19.3 Å². The highest BCUT2D eigenvalue weighted by atomic mass is 16.3. The van der Waals surface area contributed by atoms with Gasteiger partial charge in [0.05, 0.1) is 0 Å². The fourth-order valence-corrected chi connectivity index (χ4v) is 4.89. The molecule has 5 nitrogen and oxygen atoms in total. The van der Waals surface area contributed by atoms with Gasteiger partial charge in [-0.2, -0.15) is 0 Å². The summed E-state index contributed by atoms with van der Waals surface area (Å²) in [5, 5.41) is 11.2. The fourth-order valence-electron chi connectivity index (χ4n) is 4.89. The fraction of sp³-hybridized carbons (Fsp3) is 0.636. The molecule has 1 N–H and O–H groups in total. The van der Waals surface area contributed by atoms with Crippen molar-refractivity contribution < 1.29 is 5.11 Å². The predicted octanol–water partition coefficient (Wildman–Crippen LogP) is 1.86. The van der Waals surface area contributed by atoms with Gasteiger partial charge in [-0.3, -0.25) is 4.90 Å². The van der Waals surface area contributed by atoms with Crippen molar-refractivity contribution in [2.75, 3.05) is 59.0 Å². The van der Waals surface area contributed by atoms with Gasteiger partial charge in [0.25, 0.3) is 0 Å². The van der Waals surface area contributed by atoms with E-state index in [-0.39, 0.29) is 0 Å². The molecule has 0 radical (unpaired) electrons. The van der Waals surface area contributed by atoms with Crippen LogP contribution in [0.4, 0.5) is 0 Å². The first-order valence-corrected chi connectivity index (χ1v) is 10.5. The van der Waals surface area contributed by atoms with Gasteiger partial charge in [-0.1, -0.05) is 13.0 Å². The van der Waals surface area contributed by atoms with Crippen molar-refractivity contribution in [3.8, 4) is 0 Å². The number of rotatable bonds is 6. The summed E-state index contributed by atoms with van der Waals surface area (Å²) in [6, 6.07) is 9.00. The number of aliphatic hydroxyl groups is 1. The van der Waals surface area contributed by atoms with Gasteiger partial charge in [-0.05, 0) is 47.5 Å². The first-order chi connectivity index (χ1) is 13.2. The minimum Gasteiger partial charge on any atom is -0.396 e. The third-order valence-corrected chi connectivity index (χ3v) is 6.65. The van der Waals surface area contributed by atoms with E-state index in [1.807, 2.05) is 0 Å². The Kier molecular flexibility index (Phi) is 5.83. The molecule has 27 heavy (non-hydrogen) atoms. The summed E-state index contributed by atoms with van der Waals surface area (Å²) < 4.78 is 2.17. The molecule has 0 aliphatic carbocycles. The lowest BCUT2D eigenvalue weighted by molar-refractivity contribution is 0.106. The maximum atomic E-state index is 9.92. The van der Waals surface area contributed by atoms with Gasteiger partial charge in [0.15, 0.2) is 0 Å². The Bertz CT molecular complexity index is 750. The molecule has 0 spiro atoms. The van der Waals surface area contributed by atoms with E-state index in [1.165, 1.54) is 42.6 Å². The van der Waals surface area contributed by atoms with Crippen molar-refractivity contribution >= 4 is 10.9 Å². The summed E-state index contributed by atoms with van der Waals surface area (Å²) in [6.45, 7) is 12.7. The Morgan fingerprint density at radius 1 is 0.963 bits per heavy atom. The molecule has 3 heterocycles. The van der Waals surface area contributed by atoms with Crippen LogP contribution >= 0.6 is 0 Å². The number of fused-ring (bicyclic) bond motifs is 1. The van der Waals surface area contributed by atoms with Crippen LogP contribution in [-0.2, 0) is 13.6 Å². The molecule has 2 fully saturated rings. The molecule has 1 aromatic carbocycles. The van der Waals surface area contributed by atoms with Crippen molar-refractivity contribution in [3.63, 3.8) is 0 Å². The second kappa shape index (κ2) is 8.31. The third-order valence-electron chi connectivity index (χ3n) is 6.65. The van der Waals surface area contributed by atoms with E-state index in [9.17, 15) is 5.11 Å². The number of benzene rings is 1. The van der Waals surface area contributed by atoms with Crippen molar-refractivity contribution in [1.29, 1.82) is 0 Å².